The first-order valence-corrected chi connectivity index (χ1v) is 21.3. The summed E-state index contributed by atoms with van der Waals surface area (Å²) in [5.41, 5.74) is -1.07. The molecule has 0 unspecified atom stereocenters. The van der Waals surface area contributed by atoms with Gasteiger partial charge in [-0.1, -0.05) is 91.0 Å². The molecule has 0 atom stereocenters. The van der Waals surface area contributed by atoms with Gasteiger partial charge in [0.2, 0.25) is 0 Å². The number of nitrogens with zero attached hydrogens (tertiary/aromatic N) is 2. The Morgan fingerprint density at radius 1 is 0.448 bits per heavy atom. The molecule has 0 saturated heterocycles. The van der Waals surface area contributed by atoms with Gasteiger partial charge in [-0.15, -0.1) is 22.7 Å². The van der Waals surface area contributed by atoms with Crippen LogP contribution in [0.1, 0.15) is 0 Å². The molecule has 8 aromatic carbocycles. The van der Waals surface area contributed by atoms with Crippen molar-refractivity contribution >= 4 is 118 Å². The van der Waals surface area contributed by atoms with Crippen molar-refractivity contribution in [3.63, 3.8) is 0 Å². The molecule has 10 aromatic rings. The molecule has 5 nitrogen and oxygen atoms in total. The third-order valence-electron chi connectivity index (χ3n) is 10.1. The fourth-order valence-electron chi connectivity index (χ4n) is 7.55. The van der Waals surface area contributed by atoms with E-state index in [0.29, 0.717) is 11.1 Å². The highest BCUT2D eigenvalue weighted by atomic mass is 32.2. The van der Waals surface area contributed by atoms with Crippen LogP contribution in [0.4, 0.5) is 47.3 Å². The Labute approximate surface area is 339 Å². The number of alkyl halides is 3. The summed E-state index contributed by atoms with van der Waals surface area (Å²) in [4.78, 5) is 4.07. The van der Waals surface area contributed by atoms with Crippen molar-refractivity contribution in [2.24, 2.45) is 0 Å². The van der Waals surface area contributed by atoms with Gasteiger partial charge < -0.3 is 14.0 Å². The normalized spacial score (nSPS) is 12.2. The molecule has 2 aromatic heterocycles. The highest BCUT2D eigenvalue weighted by molar-refractivity contribution is 7.88. The monoisotopic (exact) mass is 822 g/mol. The van der Waals surface area contributed by atoms with Crippen molar-refractivity contribution in [2.45, 2.75) is 5.51 Å². The number of fused-ring (bicyclic) bond motifs is 7. The van der Waals surface area contributed by atoms with E-state index in [1.165, 1.54) is 23.5 Å². The van der Waals surface area contributed by atoms with Crippen LogP contribution in [0.2, 0.25) is 0 Å². The molecule has 11 heteroatoms. The molecule has 10 rings (SSSR count). The van der Waals surface area contributed by atoms with E-state index in [1.807, 2.05) is 120 Å². The number of halogens is 3. The lowest BCUT2D eigenvalue weighted by atomic mass is 10.1. The highest BCUT2D eigenvalue weighted by Crippen LogP contribution is 2.50. The summed E-state index contributed by atoms with van der Waals surface area (Å²) in [6.45, 7) is 0. The lowest BCUT2D eigenvalue weighted by Gasteiger charge is -2.27. The van der Waals surface area contributed by atoms with Crippen molar-refractivity contribution in [1.82, 2.24) is 0 Å². The summed E-state index contributed by atoms with van der Waals surface area (Å²) >= 11 is 3.12. The lowest BCUT2D eigenvalue weighted by molar-refractivity contribution is -0.0500. The zero-order valence-corrected chi connectivity index (χ0v) is 32.7. The van der Waals surface area contributed by atoms with E-state index in [4.69, 9.17) is 4.18 Å². The Bertz CT molecular complexity index is 3290. The second-order valence-corrected chi connectivity index (χ2v) is 17.4. The SMILES string of the molecule is O=S(=O)(Oc1cc(N(c2ccccc2)c2ccc3c(c2)sc2ccccc23)c2sc3ccc(N(c4ccccc4)c4ccc5ccccc5c4)cc3c2c1)C(F)(F)F. The minimum absolute atomic E-state index is 0.455. The Hall–Kier alpha value is -6.40. The molecule has 58 heavy (non-hydrogen) atoms. The van der Waals surface area contributed by atoms with Crippen molar-refractivity contribution in [1.29, 1.82) is 0 Å². The first kappa shape index (κ1) is 36.0. The molecule has 0 saturated carbocycles. The predicted molar refractivity (Wildman–Crippen MR) is 235 cm³/mol. The number of thiophene rings is 2. The molecule has 0 amide bonds. The fraction of sp³-hybridized carbons (Fsp3) is 0.0213. The maximum atomic E-state index is 13.9. The van der Waals surface area contributed by atoms with Crippen LogP contribution in [0, 0.1) is 0 Å². The van der Waals surface area contributed by atoms with Gasteiger partial charge in [0, 0.05) is 70.1 Å². The van der Waals surface area contributed by atoms with E-state index in [2.05, 4.69) is 53.4 Å². The third kappa shape index (κ3) is 6.28. The van der Waals surface area contributed by atoms with Crippen LogP contribution in [0.25, 0.3) is 51.1 Å². The van der Waals surface area contributed by atoms with Crippen LogP contribution >= 0.6 is 22.7 Å². The zero-order chi connectivity index (χ0) is 39.6. The van der Waals surface area contributed by atoms with Crippen molar-refractivity contribution in [3.8, 4) is 5.75 Å². The number of rotatable bonds is 8. The minimum atomic E-state index is -6.00. The van der Waals surface area contributed by atoms with Gasteiger partial charge in [-0.05, 0) is 89.6 Å². The molecule has 284 valence electrons. The van der Waals surface area contributed by atoms with Gasteiger partial charge in [0.05, 0.1) is 10.4 Å². The Kier molecular flexibility index (Phi) is 8.63. The molecule has 0 N–H and O–H groups in total. The van der Waals surface area contributed by atoms with E-state index in [1.54, 1.807) is 11.3 Å². The zero-order valence-electron chi connectivity index (χ0n) is 30.2. The summed E-state index contributed by atoms with van der Waals surface area (Å²) in [5.74, 6) is -0.455. The van der Waals surface area contributed by atoms with E-state index >= 15 is 0 Å². The van der Waals surface area contributed by atoms with Crippen LogP contribution < -0.4 is 14.0 Å². The van der Waals surface area contributed by atoms with Crippen LogP contribution in [-0.4, -0.2) is 13.9 Å². The summed E-state index contributed by atoms with van der Waals surface area (Å²) in [6, 6.07) is 56.8. The number of hydrogen-bond donors (Lipinski definition) is 0. The number of para-hydroxylation sites is 2. The molecular weight excluding hydrogens is 794 g/mol. The maximum Gasteiger partial charge on any atom is 0.534 e. The summed E-state index contributed by atoms with van der Waals surface area (Å²) in [5, 5.41) is 5.64. The van der Waals surface area contributed by atoms with Gasteiger partial charge >= 0.3 is 15.6 Å². The average molecular weight is 823 g/mol. The lowest BCUT2D eigenvalue weighted by Crippen LogP contribution is -2.28. The van der Waals surface area contributed by atoms with E-state index in [0.717, 1.165) is 74.2 Å². The summed E-state index contributed by atoms with van der Waals surface area (Å²) in [6.07, 6.45) is 0. The van der Waals surface area contributed by atoms with Gasteiger partial charge in [0.25, 0.3) is 0 Å². The van der Waals surface area contributed by atoms with Gasteiger partial charge in [-0.25, -0.2) is 0 Å². The highest BCUT2D eigenvalue weighted by Gasteiger charge is 2.48. The summed E-state index contributed by atoms with van der Waals surface area (Å²) < 4.78 is 75.5. The van der Waals surface area contributed by atoms with Gasteiger partial charge in [0.1, 0.15) is 5.75 Å². The average Bonchev–Trinajstić information content (AvgIpc) is 3.79. The summed E-state index contributed by atoms with van der Waals surface area (Å²) in [7, 11) is -6.00. The predicted octanol–water partition coefficient (Wildman–Crippen LogP) is 14.7. The largest absolute Gasteiger partial charge is 0.534 e. The molecular formula is C47H29F3N2O3S3. The number of hydrogen-bond acceptors (Lipinski definition) is 7. The van der Waals surface area contributed by atoms with Crippen LogP contribution in [-0.2, 0) is 10.1 Å². The molecule has 0 aliphatic heterocycles. The van der Waals surface area contributed by atoms with E-state index < -0.39 is 21.4 Å². The van der Waals surface area contributed by atoms with Crippen LogP contribution in [0.5, 0.6) is 5.75 Å². The second-order valence-electron chi connectivity index (χ2n) is 13.7. The first-order valence-electron chi connectivity index (χ1n) is 18.2. The smallest absolute Gasteiger partial charge is 0.376 e. The third-order valence-corrected chi connectivity index (χ3v) is 13.5. The molecule has 0 radical (unpaired) electrons. The van der Waals surface area contributed by atoms with Crippen LogP contribution in [0.3, 0.4) is 0 Å². The van der Waals surface area contributed by atoms with Gasteiger partial charge in [-0.3, -0.25) is 0 Å². The number of anilines is 6. The fourth-order valence-corrected chi connectivity index (χ4v) is 10.3. The molecule has 0 aliphatic carbocycles. The van der Waals surface area contributed by atoms with E-state index in [9.17, 15) is 21.6 Å². The molecule has 0 fully saturated rings. The van der Waals surface area contributed by atoms with Gasteiger partial charge in [0.15, 0.2) is 0 Å². The molecule has 0 aliphatic rings. The van der Waals surface area contributed by atoms with Crippen LogP contribution in [0.15, 0.2) is 176 Å². The molecule has 2 heterocycles. The first-order chi connectivity index (χ1) is 28.1. The van der Waals surface area contributed by atoms with Crippen molar-refractivity contribution in [3.05, 3.63) is 176 Å². The maximum absolute atomic E-state index is 13.9. The standard InChI is InChI=1S/C47H29F3N2O3S3/c48-47(49,50)58(53,54)55-37-28-41-40-26-35(51(32-13-3-1-4-14-32)34-20-19-30-11-7-8-12-31(30)25-34)22-24-44(40)57-46(41)42(29-37)52(33-15-5-2-6-16-33)36-21-23-39-38-17-9-10-18-43(38)56-45(39)27-36/h1-29H. The Morgan fingerprint density at radius 2 is 1.03 bits per heavy atom. The Balaban J connectivity index is 1.22. The number of benzene rings is 8. The minimum Gasteiger partial charge on any atom is -0.376 e. The quantitative estimate of drug-likeness (QED) is 0.113. The topological polar surface area (TPSA) is 49.9 Å². The van der Waals surface area contributed by atoms with Crippen molar-refractivity contribution in [2.75, 3.05) is 9.80 Å². The second kappa shape index (κ2) is 13.9. The van der Waals surface area contributed by atoms with E-state index in [-0.39, 0.29) is 0 Å². The van der Waals surface area contributed by atoms with Crippen molar-refractivity contribution < 1.29 is 25.8 Å². The Morgan fingerprint density at radius 3 is 1.79 bits per heavy atom. The van der Waals surface area contributed by atoms with Gasteiger partial charge in [-0.2, -0.15) is 21.6 Å². The molecule has 0 spiro atoms. The molecule has 0 bridgehead atoms.